The summed E-state index contributed by atoms with van der Waals surface area (Å²) in [5.74, 6) is 1.11. The van der Waals surface area contributed by atoms with Gasteiger partial charge in [-0.15, -0.1) is 0 Å². The van der Waals surface area contributed by atoms with Gasteiger partial charge >= 0.3 is 0 Å². The maximum atomic E-state index is 6.36. The SMILES string of the molecule is Cc1ccc2c(c1)OC1(CC2)CCN(CCN)C1. The molecule has 1 spiro atoms. The number of rotatable bonds is 2. The van der Waals surface area contributed by atoms with E-state index in [-0.39, 0.29) is 5.60 Å². The normalized spacial score (nSPS) is 27.2. The Labute approximate surface area is 109 Å². The van der Waals surface area contributed by atoms with Crippen molar-refractivity contribution in [3.63, 3.8) is 0 Å². The van der Waals surface area contributed by atoms with Crippen molar-refractivity contribution in [2.45, 2.75) is 31.8 Å². The van der Waals surface area contributed by atoms with Crippen LogP contribution in [0.1, 0.15) is 24.0 Å². The lowest BCUT2D eigenvalue weighted by Gasteiger charge is -2.36. The topological polar surface area (TPSA) is 38.5 Å². The van der Waals surface area contributed by atoms with Gasteiger partial charge in [-0.25, -0.2) is 0 Å². The predicted molar refractivity (Wildman–Crippen MR) is 73.0 cm³/mol. The van der Waals surface area contributed by atoms with Crippen LogP contribution < -0.4 is 10.5 Å². The van der Waals surface area contributed by atoms with Crippen LogP contribution in [0.5, 0.6) is 5.75 Å². The minimum absolute atomic E-state index is 0.0516. The second kappa shape index (κ2) is 4.56. The third kappa shape index (κ3) is 2.13. The smallest absolute Gasteiger partial charge is 0.123 e. The van der Waals surface area contributed by atoms with Crippen molar-refractivity contribution in [1.29, 1.82) is 0 Å². The first-order valence-corrected chi connectivity index (χ1v) is 6.92. The summed E-state index contributed by atoms with van der Waals surface area (Å²) in [6.07, 6.45) is 3.43. The van der Waals surface area contributed by atoms with Gasteiger partial charge in [-0.1, -0.05) is 12.1 Å². The highest BCUT2D eigenvalue weighted by Gasteiger charge is 2.42. The molecule has 1 aromatic rings. The fourth-order valence-electron chi connectivity index (χ4n) is 3.20. The number of nitrogens with two attached hydrogens (primary N) is 1. The monoisotopic (exact) mass is 246 g/mol. The number of hydrogen-bond acceptors (Lipinski definition) is 3. The molecule has 98 valence electrons. The highest BCUT2D eigenvalue weighted by molar-refractivity contribution is 5.39. The molecule has 1 atom stereocenters. The Morgan fingerprint density at radius 3 is 3.11 bits per heavy atom. The van der Waals surface area contributed by atoms with Crippen LogP contribution in [-0.4, -0.2) is 36.7 Å². The molecule has 0 saturated carbocycles. The van der Waals surface area contributed by atoms with E-state index < -0.39 is 0 Å². The van der Waals surface area contributed by atoms with Gasteiger partial charge in [0, 0.05) is 32.6 Å². The number of fused-ring (bicyclic) bond motifs is 1. The van der Waals surface area contributed by atoms with Gasteiger partial charge in [-0.3, -0.25) is 4.90 Å². The molecule has 1 unspecified atom stereocenters. The van der Waals surface area contributed by atoms with Crippen molar-refractivity contribution in [3.05, 3.63) is 29.3 Å². The first-order chi connectivity index (χ1) is 8.71. The third-order valence-corrected chi connectivity index (χ3v) is 4.24. The largest absolute Gasteiger partial charge is 0.486 e. The van der Waals surface area contributed by atoms with E-state index >= 15 is 0 Å². The van der Waals surface area contributed by atoms with Crippen molar-refractivity contribution in [3.8, 4) is 5.75 Å². The van der Waals surface area contributed by atoms with Crippen molar-refractivity contribution < 1.29 is 4.74 Å². The van der Waals surface area contributed by atoms with Gasteiger partial charge in [0.05, 0.1) is 0 Å². The lowest BCUT2D eigenvalue weighted by atomic mass is 9.90. The Morgan fingerprint density at radius 1 is 1.39 bits per heavy atom. The van der Waals surface area contributed by atoms with Crippen LogP contribution >= 0.6 is 0 Å². The molecule has 0 aliphatic carbocycles. The van der Waals surface area contributed by atoms with Crippen molar-refractivity contribution in [2.75, 3.05) is 26.2 Å². The fourth-order valence-corrected chi connectivity index (χ4v) is 3.20. The Morgan fingerprint density at radius 2 is 2.28 bits per heavy atom. The summed E-state index contributed by atoms with van der Waals surface area (Å²) in [7, 11) is 0. The van der Waals surface area contributed by atoms with Crippen LogP contribution in [0.2, 0.25) is 0 Å². The minimum atomic E-state index is 0.0516. The molecular formula is C15H22N2O. The molecule has 1 aromatic carbocycles. The lowest BCUT2D eigenvalue weighted by Crippen LogP contribution is -2.43. The fraction of sp³-hybridized carbons (Fsp3) is 0.600. The summed E-state index contributed by atoms with van der Waals surface area (Å²) in [5.41, 5.74) is 8.34. The van der Waals surface area contributed by atoms with E-state index in [1.165, 1.54) is 11.1 Å². The zero-order valence-electron chi connectivity index (χ0n) is 11.1. The number of aryl methyl sites for hydroxylation is 2. The molecule has 3 nitrogen and oxygen atoms in total. The predicted octanol–water partition coefficient (Wildman–Crippen LogP) is 1.72. The van der Waals surface area contributed by atoms with E-state index in [0.717, 1.165) is 51.2 Å². The van der Waals surface area contributed by atoms with Gasteiger partial charge in [0.25, 0.3) is 0 Å². The summed E-state index contributed by atoms with van der Waals surface area (Å²) < 4.78 is 6.36. The Balaban J connectivity index is 1.78. The highest BCUT2D eigenvalue weighted by Crippen LogP contribution is 2.38. The molecule has 3 rings (SSSR count). The van der Waals surface area contributed by atoms with Gasteiger partial charge in [0.1, 0.15) is 11.4 Å². The molecule has 0 amide bonds. The van der Waals surface area contributed by atoms with Gasteiger partial charge in [0.15, 0.2) is 0 Å². The zero-order valence-corrected chi connectivity index (χ0v) is 11.1. The molecule has 2 heterocycles. The number of nitrogens with zero attached hydrogens (tertiary/aromatic N) is 1. The van der Waals surface area contributed by atoms with Crippen LogP contribution in [0, 0.1) is 6.92 Å². The first kappa shape index (κ1) is 12.0. The average molecular weight is 246 g/mol. The second-order valence-corrected chi connectivity index (χ2v) is 5.71. The summed E-state index contributed by atoms with van der Waals surface area (Å²) in [6, 6.07) is 6.57. The van der Waals surface area contributed by atoms with Crippen LogP contribution in [0.3, 0.4) is 0 Å². The van der Waals surface area contributed by atoms with E-state index in [0.29, 0.717) is 0 Å². The van der Waals surface area contributed by atoms with Crippen LogP contribution in [0.25, 0.3) is 0 Å². The lowest BCUT2D eigenvalue weighted by molar-refractivity contribution is 0.0548. The molecule has 0 aromatic heterocycles. The molecule has 2 N–H and O–H groups in total. The summed E-state index contributed by atoms with van der Waals surface area (Å²) >= 11 is 0. The van der Waals surface area contributed by atoms with Crippen molar-refractivity contribution in [1.82, 2.24) is 4.90 Å². The molecule has 1 fully saturated rings. The van der Waals surface area contributed by atoms with Gasteiger partial charge in [-0.05, 0) is 37.0 Å². The van der Waals surface area contributed by atoms with Crippen molar-refractivity contribution >= 4 is 0 Å². The maximum absolute atomic E-state index is 6.36. The average Bonchev–Trinajstić information content (AvgIpc) is 2.72. The summed E-state index contributed by atoms with van der Waals surface area (Å²) in [4.78, 5) is 2.43. The molecule has 0 bridgehead atoms. The van der Waals surface area contributed by atoms with E-state index in [1.807, 2.05) is 0 Å². The molecule has 0 radical (unpaired) electrons. The molecule has 2 aliphatic rings. The molecule has 1 saturated heterocycles. The number of benzene rings is 1. The Bertz CT molecular complexity index is 446. The van der Waals surface area contributed by atoms with Crippen LogP contribution in [-0.2, 0) is 6.42 Å². The van der Waals surface area contributed by atoms with Crippen LogP contribution in [0.15, 0.2) is 18.2 Å². The van der Waals surface area contributed by atoms with Crippen molar-refractivity contribution in [2.24, 2.45) is 5.73 Å². The van der Waals surface area contributed by atoms with Gasteiger partial charge in [-0.2, -0.15) is 0 Å². The summed E-state index contributed by atoms with van der Waals surface area (Å²) in [5, 5.41) is 0. The number of ether oxygens (including phenoxy) is 1. The molecule has 18 heavy (non-hydrogen) atoms. The second-order valence-electron chi connectivity index (χ2n) is 5.71. The number of likely N-dealkylation sites (tertiary alicyclic amines) is 1. The van der Waals surface area contributed by atoms with E-state index in [9.17, 15) is 0 Å². The molecule has 3 heteroatoms. The standard InChI is InChI=1S/C15H22N2O/c1-12-2-3-13-4-5-15(18-14(13)10-12)6-8-17(11-15)9-7-16/h2-3,10H,4-9,11,16H2,1H3. The van der Waals surface area contributed by atoms with Gasteiger partial charge < -0.3 is 10.5 Å². The van der Waals surface area contributed by atoms with Crippen LogP contribution in [0.4, 0.5) is 0 Å². The Hall–Kier alpha value is -1.06. The minimum Gasteiger partial charge on any atom is -0.486 e. The quantitative estimate of drug-likeness (QED) is 0.863. The Kier molecular flexibility index (Phi) is 3.04. The third-order valence-electron chi connectivity index (χ3n) is 4.24. The summed E-state index contributed by atoms with van der Waals surface area (Å²) in [6.45, 7) is 6.02. The van der Waals surface area contributed by atoms with Gasteiger partial charge in [0.2, 0.25) is 0 Å². The van der Waals surface area contributed by atoms with E-state index in [2.05, 4.69) is 30.0 Å². The zero-order chi connectivity index (χ0) is 12.6. The van der Waals surface area contributed by atoms with E-state index in [4.69, 9.17) is 10.5 Å². The first-order valence-electron chi connectivity index (χ1n) is 6.92. The number of hydrogen-bond donors (Lipinski definition) is 1. The highest BCUT2D eigenvalue weighted by atomic mass is 16.5. The maximum Gasteiger partial charge on any atom is 0.123 e. The molecule has 2 aliphatic heterocycles. The molecular weight excluding hydrogens is 224 g/mol. The van der Waals surface area contributed by atoms with E-state index in [1.54, 1.807) is 0 Å².